The van der Waals surface area contributed by atoms with Crippen LogP contribution in [-0.2, 0) is 9.53 Å². The lowest BCUT2D eigenvalue weighted by atomic mass is 10.0. The van der Waals surface area contributed by atoms with Crippen molar-refractivity contribution >= 4 is 12.0 Å². The van der Waals surface area contributed by atoms with Gasteiger partial charge in [0.05, 0.1) is 7.11 Å². The Morgan fingerprint density at radius 3 is 2.21 bits per heavy atom. The predicted octanol–water partition coefficient (Wildman–Crippen LogP) is 0.825. The first kappa shape index (κ1) is 17.7. The lowest BCUT2D eigenvalue weighted by Crippen LogP contribution is -2.50. The summed E-state index contributed by atoms with van der Waals surface area (Å²) in [5.41, 5.74) is 0. The zero-order valence-corrected chi connectivity index (χ0v) is 12.7. The topological polar surface area (TPSA) is 70.7 Å². The van der Waals surface area contributed by atoms with Gasteiger partial charge in [0.1, 0.15) is 6.04 Å². The van der Waals surface area contributed by atoms with Crippen molar-refractivity contribution in [3.05, 3.63) is 0 Å². The number of hydrogen-bond acceptors (Lipinski definition) is 4. The van der Waals surface area contributed by atoms with Gasteiger partial charge in [-0.1, -0.05) is 27.7 Å². The van der Waals surface area contributed by atoms with E-state index in [0.29, 0.717) is 6.54 Å². The summed E-state index contributed by atoms with van der Waals surface area (Å²) in [5.74, 6) is -0.167. The Morgan fingerprint density at radius 2 is 1.79 bits per heavy atom. The van der Waals surface area contributed by atoms with Crippen molar-refractivity contribution < 1.29 is 14.3 Å². The number of amides is 2. The molecule has 0 saturated heterocycles. The zero-order valence-electron chi connectivity index (χ0n) is 12.7. The molecule has 0 aliphatic rings. The number of methoxy groups -OCH3 is 1. The van der Waals surface area contributed by atoms with Crippen LogP contribution in [0.25, 0.3) is 0 Å². The maximum Gasteiger partial charge on any atom is 0.407 e. The van der Waals surface area contributed by atoms with Crippen LogP contribution in [0.4, 0.5) is 4.79 Å². The molecule has 0 aromatic heterocycles. The Kier molecular flexibility index (Phi) is 8.95. The van der Waals surface area contributed by atoms with Crippen molar-refractivity contribution in [2.24, 2.45) is 5.92 Å². The maximum absolute atomic E-state index is 12.0. The fourth-order valence-electron chi connectivity index (χ4n) is 1.71. The number of hydrogen-bond donors (Lipinski definition) is 2. The smallest absolute Gasteiger partial charge is 0.407 e. The van der Waals surface area contributed by atoms with Gasteiger partial charge in [-0.25, -0.2) is 4.79 Å². The molecule has 1 atom stereocenters. The van der Waals surface area contributed by atoms with Gasteiger partial charge in [-0.3, -0.25) is 4.79 Å². The number of rotatable bonds is 8. The van der Waals surface area contributed by atoms with Crippen LogP contribution in [0.2, 0.25) is 0 Å². The summed E-state index contributed by atoms with van der Waals surface area (Å²) in [6.07, 6.45) is -0.586. The minimum Gasteiger partial charge on any atom is -0.453 e. The van der Waals surface area contributed by atoms with Crippen molar-refractivity contribution in [1.29, 1.82) is 0 Å². The largest absolute Gasteiger partial charge is 0.453 e. The Bertz CT molecular complexity index is 278. The van der Waals surface area contributed by atoms with Crippen LogP contribution in [0.5, 0.6) is 0 Å². The van der Waals surface area contributed by atoms with Gasteiger partial charge in [0.2, 0.25) is 5.91 Å². The molecule has 2 amide bonds. The molecule has 0 radical (unpaired) electrons. The van der Waals surface area contributed by atoms with Gasteiger partial charge < -0.3 is 20.3 Å². The van der Waals surface area contributed by atoms with E-state index in [0.717, 1.165) is 19.6 Å². The molecule has 0 bridgehead atoms. The quantitative estimate of drug-likeness (QED) is 0.687. The van der Waals surface area contributed by atoms with Gasteiger partial charge in [-0.2, -0.15) is 0 Å². The van der Waals surface area contributed by atoms with Gasteiger partial charge in [0, 0.05) is 13.1 Å². The Labute approximate surface area is 115 Å². The minimum absolute atomic E-state index is 0.00699. The molecule has 0 aromatic rings. The van der Waals surface area contributed by atoms with Crippen LogP contribution < -0.4 is 10.6 Å². The van der Waals surface area contributed by atoms with Crippen molar-refractivity contribution in [2.75, 3.05) is 33.3 Å². The maximum atomic E-state index is 12.0. The number of alkyl carbamates (subject to hydrolysis) is 1. The summed E-state index contributed by atoms with van der Waals surface area (Å²) in [6, 6.07) is -0.566. The second kappa shape index (κ2) is 9.61. The highest BCUT2D eigenvalue weighted by atomic mass is 16.5. The Hall–Kier alpha value is -1.30. The van der Waals surface area contributed by atoms with E-state index in [4.69, 9.17) is 0 Å². The fraction of sp³-hybridized carbons (Fsp3) is 0.846. The van der Waals surface area contributed by atoms with Gasteiger partial charge >= 0.3 is 6.09 Å². The molecule has 0 fully saturated rings. The first-order valence-electron chi connectivity index (χ1n) is 6.80. The molecule has 0 aliphatic carbocycles. The zero-order chi connectivity index (χ0) is 14.8. The van der Waals surface area contributed by atoms with E-state index in [2.05, 4.69) is 34.1 Å². The molecule has 6 heteroatoms. The van der Waals surface area contributed by atoms with Crippen molar-refractivity contribution in [3.63, 3.8) is 0 Å². The number of carbonyl (C=O) groups excluding carboxylic acids is 2. The summed E-state index contributed by atoms with van der Waals surface area (Å²) < 4.78 is 4.52. The van der Waals surface area contributed by atoms with Crippen LogP contribution >= 0.6 is 0 Å². The average molecular weight is 273 g/mol. The van der Waals surface area contributed by atoms with Crippen LogP contribution in [-0.4, -0.2) is 56.2 Å². The summed E-state index contributed by atoms with van der Waals surface area (Å²) in [4.78, 5) is 25.4. The summed E-state index contributed by atoms with van der Waals surface area (Å²) >= 11 is 0. The second-order valence-corrected chi connectivity index (χ2v) is 4.68. The third-order valence-electron chi connectivity index (χ3n) is 3.03. The number of nitrogens with zero attached hydrogens (tertiary/aromatic N) is 1. The van der Waals surface area contributed by atoms with E-state index >= 15 is 0 Å². The van der Waals surface area contributed by atoms with Gasteiger partial charge in [0.15, 0.2) is 0 Å². The first-order valence-corrected chi connectivity index (χ1v) is 6.80. The molecule has 19 heavy (non-hydrogen) atoms. The number of ether oxygens (including phenoxy) is 1. The lowest BCUT2D eigenvalue weighted by molar-refractivity contribution is -0.124. The van der Waals surface area contributed by atoms with E-state index in [9.17, 15) is 9.59 Å². The molecule has 6 nitrogen and oxygen atoms in total. The molecule has 0 aliphatic heterocycles. The molecule has 0 rings (SSSR count). The third kappa shape index (κ3) is 7.00. The van der Waals surface area contributed by atoms with Gasteiger partial charge in [0.25, 0.3) is 0 Å². The standard InChI is InChI=1S/C13H27N3O3/c1-6-16(7-2)9-8-14-12(17)11(10(3)4)15-13(18)19-5/h10-11H,6-9H2,1-5H3,(H,14,17)(H,15,18)/t11-/m0/s1. The number of carbonyl (C=O) groups is 2. The molecular weight excluding hydrogens is 246 g/mol. The van der Waals surface area contributed by atoms with E-state index in [1.165, 1.54) is 7.11 Å². The fourth-order valence-corrected chi connectivity index (χ4v) is 1.71. The van der Waals surface area contributed by atoms with Crippen LogP contribution in [0.15, 0.2) is 0 Å². The molecule has 112 valence electrons. The lowest BCUT2D eigenvalue weighted by Gasteiger charge is -2.22. The number of likely N-dealkylation sites (N-methyl/N-ethyl adjacent to an activating group) is 1. The third-order valence-corrected chi connectivity index (χ3v) is 3.03. The van der Waals surface area contributed by atoms with Crippen molar-refractivity contribution in [1.82, 2.24) is 15.5 Å². The van der Waals surface area contributed by atoms with E-state index in [1.807, 2.05) is 13.8 Å². The monoisotopic (exact) mass is 273 g/mol. The Balaban J connectivity index is 4.22. The van der Waals surface area contributed by atoms with Gasteiger partial charge in [-0.15, -0.1) is 0 Å². The molecule has 2 N–H and O–H groups in total. The number of nitrogens with one attached hydrogen (secondary N) is 2. The van der Waals surface area contributed by atoms with Crippen LogP contribution in [0.3, 0.4) is 0 Å². The molecule has 0 aromatic carbocycles. The van der Waals surface area contributed by atoms with Crippen LogP contribution in [0, 0.1) is 5.92 Å². The van der Waals surface area contributed by atoms with E-state index in [-0.39, 0.29) is 11.8 Å². The predicted molar refractivity (Wildman–Crippen MR) is 75.0 cm³/mol. The summed E-state index contributed by atoms with van der Waals surface area (Å²) in [6.45, 7) is 11.2. The molecule has 0 spiro atoms. The average Bonchev–Trinajstić information content (AvgIpc) is 2.39. The highest BCUT2D eigenvalue weighted by molar-refractivity contribution is 5.85. The van der Waals surface area contributed by atoms with E-state index in [1.54, 1.807) is 0 Å². The summed E-state index contributed by atoms with van der Waals surface area (Å²) in [7, 11) is 1.28. The van der Waals surface area contributed by atoms with E-state index < -0.39 is 12.1 Å². The highest BCUT2D eigenvalue weighted by Gasteiger charge is 2.24. The SMILES string of the molecule is CCN(CC)CCNC(=O)[C@@H](NC(=O)OC)C(C)C. The highest BCUT2D eigenvalue weighted by Crippen LogP contribution is 2.02. The molecule has 0 heterocycles. The normalized spacial score (nSPS) is 12.4. The molecule has 0 saturated carbocycles. The minimum atomic E-state index is -0.586. The van der Waals surface area contributed by atoms with Crippen LogP contribution in [0.1, 0.15) is 27.7 Å². The Morgan fingerprint density at radius 1 is 1.21 bits per heavy atom. The molecule has 0 unspecified atom stereocenters. The van der Waals surface area contributed by atoms with Crippen molar-refractivity contribution in [2.45, 2.75) is 33.7 Å². The first-order chi connectivity index (χ1) is 8.96. The summed E-state index contributed by atoms with van der Waals surface area (Å²) in [5, 5.41) is 5.39. The molecular formula is C13H27N3O3. The van der Waals surface area contributed by atoms with Gasteiger partial charge in [-0.05, 0) is 19.0 Å². The second-order valence-electron chi connectivity index (χ2n) is 4.68. The van der Waals surface area contributed by atoms with Crippen molar-refractivity contribution in [3.8, 4) is 0 Å².